The first-order chi connectivity index (χ1) is 10.3. The van der Waals surface area contributed by atoms with Crippen molar-refractivity contribution in [2.45, 2.75) is 0 Å². The fraction of sp³-hybridized carbons (Fsp3) is 0. The van der Waals surface area contributed by atoms with Crippen LogP contribution < -0.4 is 4.90 Å². The van der Waals surface area contributed by atoms with Gasteiger partial charge in [-0.15, -0.1) is 0 Å². The summed E-state index contributed by atoms with van der Waals surface area (Å²) >= 11 is 0. The summed E-state index contributed by atoms with van der Waals surface area (Å²) in [6.07, 6.45) is 3.12. The van der Waals surface area contributed by atoms with Gasteiger partial charge < -0.3 is 0 Å². The van der Waals surface area contributed by atoms with Gasteiger partial charge in [0.1, 0.15) is 5.52 Å². The predicted octanol–water partition coefficient (Wildman–Crippen LogP) is 2.43. The normalized spacial score (nSPS) is 13.8. The van der Waals surface area contributed by atoms with Crippen molar-refractivity contribution in [1.82, 2.24) is 9.97 Å². The lowest BCUT2D eigenvalue weighted by atomic mass is 10.1. The van der Waals surface area contributed by atoms with E-state index in [4.69, 9.17) is 0 Å². The van der Waals surface area contributed by atoms with Gasteiger partial charge in [-0.1, -0.05) is 18.2 Å². The molecule has 0 unspecified atom stereocenters. The van der Waals surface area contributed by atoms with E-state index in [1.807, 2.05) is 0 Å². The Hall–Kier alpha value is -3.08. The summed E-state index contributed by atoms with van der Waals surface area (Å²) < 4.78 is 0. The van der Waals surface area contributed by atoms with E-state index in [9.17, 15) is 9.59 Å². The molecule has 2 heterocycles. The summed E-state index contributed by atoms with van der Waals surface area (Å²) in [4.78, 5) is 34.6. The minimum Gasteiger partial charge on any atom is -0.268 e. The molecule has 2 amide bonds. The Kier molecular flexibility index (Phi) is 2.35. The van der Waals surface area contributed by atoms with Crippen molar-refractivity contribution in [2.75, 3.05) is 4.90 Å². The van der Waals surface area contributed by atoms with Gasteiger partial charge in [0.05, 0.1) is 22.3 Å². The highest BCUT2D eigenvalue weighted by Crippen LogP contribution is 2.31. The molecule has 0 radical (unpaired) electrons. The molecule has 0 atom stereocenters. The zero-order valence-corrected chi connectivity index (χ0v) is 10.9. The number of carbonyl (C=O) groups excluding carboxylic acids is 2. The van der Waals surface area contributed by atoms with Crippen LogP contribution in [0.3, 0.4) is 0 Å². The lowest BCUT2D eigenvalue weighted by Crippen LogP contribution is -2.29. The quantitative estimate of drug-likeness (QED) is 0.640. The Balaban J connectivity index is 1.95. The third kappa shape index (κ3) is 1.57. The fourth-order valence-corrected chi connectivity index (χ4v) is 2.57. The van der Waals surface area contributed by atoms with Crippen molar-refractivity contribution in [3.63, 3.8) is 0 Å². The van der Waals surface area contributed by atoms with Crippen LogP contribution in [0.2, 0.25) is 0 Å². The van der Waals surface area contributed by atoms with Crippen LogP contribution in [-0.4, -0.2) is 21.8 Å². The van der Waals surface area contributed by atoms with Crippen LogP contribution in [0.4, 0.5) is 5.69 Å². The molecule has 21 heavy (non-hydrogen) atoms. The van der Waals surface area contributed by atoms with Crippen molar-refractivity contribution in [3.05, 3.63) is 66.0 Å². The van der Waals surface area contributed by atoms with E-state index in [0.29, 0.717) is 27.8 Å². The molecule has 3 aromatic rings. The molecule has 2 aromatic carbocycles. The van der Waals surface area contributed by atoms with E-state index in [1.54, 1.807) is 54.9 Å². The summed E-state index contributed by atoms with van der Waals surface area (Å²) in [6, 6.07) is 12.1. The van der Waals surface area contributed by atoms with Gasteiger partial charge in [-0.25, -0.2) is 4.90 Å². The molecule has 5 heteroatoms. The van der Waals surface area contributed by atoms with Gasteiger partial charge in [-0.2, -0.15) is 0 Å². The Morgan fingerprint density at radius 2 is 1.43 bits per heavy atom. The lowest BCUT2D eigenvalue weighted by Gasteiger charge is -2.15. The molecule has 0 bridgehead atoms. The number of imide groups is 1. The average molecular weight is 275 g/mol. The third-order valence-corrected chi connectivity index (χ3v) is 3.51. The fourth-order valence-electron chi connectivity index (χ4n) is 2.57. The number of para-hydroxylation sites is 1. The maximum Gasteiger partial charge on any atom is 0.266 e. The van der Waals surface area contributed by atoms with Crippen molar-refractivity contribution < 1.29 is 9.59 Å². The van der Waals surface area contributed by atoms with Crippen molar-refractivity contribution in [1.29, 1.82) is 0 Å². The van der Waals surface area contributed by atoms with E-state index in [-0.39, 0.29) is 11.8 Å². The summed E-state index contributed by atoms with van der Waals surface area (Å²) in [5, 5.41) is 0. The molecular weight excluding hydrogens is 266 g/mol. The second kappa shape index (κ2) is 4.21. The molecule has 0 spiro atoms. The van der Waals surface area contributed by atoms with Crippen molar-refractivity contribution in [2.24, 2.45) is 0 Å². The number of benzene rings is 2. The number of hydrogen-bond donors (Lipinski definition) is 0. The van der Waals surface area contributed by atoms with Crippen LogP contribution in [0.15, 0.2) is 54.9 Å². The number of fused-ring (bicyclic) bond motifs is 2. The standard InChI is InChI=1S/C16H9N3O2/c20-15-10-4-1-2-5-11(10)16(21)19(15)13-7-3-6-12-14(13)18-9-8-17-12/h1-9H. The lowest BCUT2D eigenvalue weighted by molar-refractivity contribution is 0.0926. The van der Waals surface area contributed by atoms with E-state index in [0.717, 1.165) is 0 Å². The number of aromatic nitrogens is 2. The van der Waals surface area contributed by atoms with Crippen LogP contribution in [0.1, 0.15) is 20.7 Å². The summed E-state index contributed by atoms with van der Waals surface area (Å²) in [7, 11) is 0. The average Bonchev–Trinajstić information content (AvgIpc) is 2.79. The van der Waals surface area contributed by atoms with E-state index >= 15 is 0 Å². The third-order valence-electron chi connectivity index (χ3n) is 3.51. The van der Waals surface area contributed by atoms with Gasteiger partial charge in [-0.05, 0) is 24.3 Å². The van der Waals surface area contributed by atoms with Gasteiger partial charge in [0.25, 0.3) is 11.8 Å². The molecule has 100 valence electrons. The molecule has 1 aromatic heterocycles. The Morgan fingerprint density at radius 1 is 0.762 bits per heavy atom. The topological polar surface area (TPSA) is 63.2 Å². The van der Waals surface area contributed by atoms with Gasteiger partial charge in [-0.3, -0.25) is 19.6 Å². The molecule has 0 N–H and O–H groups in total. The molecule has 0 saturated heterocycles. The zero-order chi connectivity index (χ0) is 14.4. The van der Waals surface area contributed by atoms with Crippen LogP contribution in [0.5, 0.6) is 0 Å². The molecule has 4 rings (SSSR count). The molecule has 0 aliphatic carbocycles. The van der Waals surface area contributed by atoms with E-state index in [2.05, 4.69) is 9.97 Å². The second-order valence-electron chi connectivity index (χ2n) is 4.69. The van der Waals surface area contributed by atoms with E-state index in [1.165, 1.54) is 4.90 Å². The Morgan fingerprint density at radius 3 is 2.14 bits per heavy atom. The monoisotopic (exact) mass is 275 g/mol. The smallest absolute Gasteiger partial charge is 0.266 e. The molecular formula is C16H9N3O2. The van der Waals surface area contributed by atoms with Crippen LogP contribution >= 0.6 is 0 Å². The highest BCUT2D eigenvalue weighted by molar-refractivity contribution is 6.35. The van der Waals surface area contributed by atoms with Gasteiger partial charge >= 0.3 is 0 Å². The molecule has 0 saturated carbocycles. The SMILES string of the molecule is O=C1c2ccccc2C(=O)N1c1cccc2nccnc12. The largest absolute Gasteiger partial charge is 0.268 e. The van der Waals surface area contributed by atoms with Gasteiger partial charge in [0.15, 0.2) is 0 Å². The molecule has 0 fully saturated rings. The van der Waals surface area contributed by atoms with Crippen LogP contribution in [-0.2, 0) is 0 Å². The maximum absolute atomic E-state index is 12.5. The summed E-state index contributed by atoms with van der Waals surface area (Å²) in [6.45, 7) is 0. The highest BCUT2D eigenvalue weighted by atomic mass is 16.2. The predicted molar refractivity (Wildman–Crippen MR) is 77.1 cm³/mol. The Bertz CT molecular complexity index is 864. The van der Waals surface area contributed by atoms with Gasteiger partial charge in [0.2, 0.25) is 0 Å². The summed E-state index contributed by atoms with van der Waals surface area (Å²) in [5.74, 6) is -0.650. The number of hydrogen-bond acceptors (Lipinski definition) is 4. The molecule has 5 nitrogen and oxygen atoms in total. The van der Waals surface area contributed by atoms with Crippen molar-refractivity contribution >= 4 is 28.5 Å². The van der Waals surface area contributed by atoms with Crippen LogP contribution in [0.25, 0.3) is 11.0 Å². The number of rotatable bonds is 1. The minimum atomic E-state index is -0.325. The molecule has 1 aliphatic rings. The first-order valence-corrected chi connectivity index (χ1v) is 6.45. The van der Waals surface area contributed by atoms with Crippen molar-refractivity contribution in [3.8, 4) is 0 Å². The minimum absolute atomic E-state index is 0.325. The first-order valence-electron chi connectivity index (χ1n) is 6.45. The summed E-state index contributed by atoms with van der Waals surface area (Å²) in [5.41, 5.74) is 2.49. The maximum atomic E-state index is 12.5. The number of carbonyl (C=O) groups is 2. The number of amides is 2. The highest BCUT2D eigenvalue weighted by Gasteiger charge is 2.37. The van der Waals surface area contributed by atoms with Gasteiger partial charge in [0, 0.05) is 12.4 Å². The second-order valence-corrected chi connectivity index (χ2v) is 4.69. The van der Waals surface area contributed by atoms with Crippen LogP contribution in [0, 0.1) is 0 Å². The zero-order valence-electron chi connectivity index (χ0n) is 10.9. The Labute approximate surface area is 119 Å². The molecule has 1 aliphatic heterocycles. The van der Waals surface area contributed by atoms with E-state index < -0.39 is 0 Å². The number of nitrogens with zero attached hydrogens (tertiary/aromatic N) is 3. The first kappa shape index (κ1) is 11.7. The number of anilines is 1.